The second-order valence-electron chi connectivity index (χ2n) is 9.58. The Hall–Kier alpha value is -4.32. The second kappa shape index (κ2) is 15.9. The standard InChI is InChI=1S/C30H33F2N2O9P/c1-41-28(36)24-11-5-6-12-26(24)42-18-8-7-17-33-27(35)25(34-29(37)43-20-22-9-3-2-4-10-22)19-21-13-15-23(16-14-21)30(31,32)44(38,39)40/h2-6,9-16,25H,7-8,17-20H2,1H3,(H,33,35)(H,34,37)(H2,38,39,40)/t25-/m0/s1. The number of alkyl carbamates (subject to hydrolysis) is 1. The molecule has 44 heavy (non-hydrogen) atoms. The maximum absolute atomic E-state index is 14.0. The fourth-order valence-electron chi connectivity index (χ4n) is 3.98. The van der Waals surface area contributed by atoms with Crippen molar-refractivity contribution < 1.29 is 51.7 Å². The second-order valence-corrected chi connectivity index (χ2v) is 11.2. The molecular weight excluding hydrogens is 601 g/mol. The molecule has 1 atom stereocenters. The van der Waals surface area contributed by atoms with Crippen molar-refractivity contribution in [3.05, 3.63) is 101 Å². The Labute approximate surface area is 252 Å². The van der Waals surface area contributed by atoms with Gasteiger partial charge in [0.05, 0.1) is 13.7 Å². The van der Waals surface area contributed by atoms with Gasteiger partial charge in [-0.25, -0.2) is 9.59 Å². The molecule has 0 unspecified atom stereocenters. The first-order valence-electron chi connectivity index (χ1n) is 13.5. The molecule has 0 heterocycles. The summed E-state index contributed by atoms with van der Waals surface area (Å²) in [4.78, 5) is 55.4. The molecule has 3 aromatic carbocycles. The summed E-state index contributed by atoms with van der Waals surface area (Å²) < 4.78 is 54.9. The Bertz CT molecular complexity index is 1450. The molecule has 0 saturated carbocycles. The van der Waals surface area contributed by atoms with Crippen LogP contribution < -0.4 is 15.4 Å². The number of benzene rings is 3. The largest absolute Gasteiger partial charge is 0.493 e. The van der Waals surface area contributed by atoms with Gasteiger partial charge in [0, 0.05) is 18.5 Å². The Kier molecular flexibility index (Phi) is 12.4. The highest BCUT2D eigenvalue weighted by Gasteiger charge is 2.50. The van der Waals surface area contributed by atoms with Crippen molar-refractivity contribution in [2.45, 2.75) is 37.6 Å². The van der Waals surface area contributed by atoms with Gasteiger partial charge in [0.25, 0.3) is 0 Å². The number of para-hydroxylation sites is 1. The van der Waals surface area contributed by atoms with E-state index in [1.807, 2.05) is 0 Å². The lowest BCUT2D eigenvalue weighted by molar-refractivity contribution is -0.123. The van der Waals surface area contributed by atoms with Crippen LogP contribution in [0.25, 0.3) is 0 Å². The first-order valence-corrected chi connectivity index (χ1v) is 15.1. The number of methoxy groups -OCH3 is 1. The number of carbonyl (C=O) groups excluding carboxylic acids is 3. The Morgan fingerprint density at radius 3 is 2.23 bits per heavy atom. The molecule has 0 aliphatic rings. The fraction of sp³-hybridized carbons (Fsp3) is 0.300. The molecule has 0 fully saturated rings. The van der Waals surface area contributed by atoms with Gasteiger partial charge >= 0.3 is 25.3 Å². The highest BCUT2D eigenvalue weighted by molar-refractivity contribution is 7.52. The van der Waals surface area contributed by atoms with Crippen LogP contribution in [0.2, 0.25) is 0 Å². The Balaban J connectivity index is 1.58. The summed E-state index contributed by atoms with van der Waals surface area (Å²) in [5.74, 6) is -0.728. The lowest BCUT2D eigenvalue weighted by Gasteiger charge is -2.20. The number of ether oxygens (including phenoxy) is 3. The highest BCUT2D eigenvalue weighted by atomic mass is 31.2. The van der Waals surface area contributed by atoms with Gasteiger partial charge in [-0.1, -0.05) is 66.7 Å². The Morgan fingerprint density at radius 1 is 0.909 bits per heavy atom. The van der Waals surface area contributed by atoms with Gasteiger partial charge in [0.1, 0.15) is 24.0 Å². The monoisotopic (exact) mass is 634 g/mol. The van der Waals surface area contributed by atoms with Crippen LogP contribution in [0.1, 0.15) is 39.9 Å². The summed E-state index contributed by atoms with van der Waals surface area (Å²) in [6.45, 7) is 0.417. The molecule has 2 amide bonds. The van der Waals surface area contributed by atoms with Crippen LogP contribution in [-0.2, 0) is 37.5 Å². The molecule has 11 nitrogen and oxygen atoms in total. The number of esters is 1. The molecular formula is C30H33F2N2O9P. The van der Waals surface area contributed by atoms with Gasteiger partial charge in [-0.2, -0.15) is 8.78 Å². The minimum absolute atomic E-state index is 0.0493. The first kappa shape index (κ1) is 34.2. The third-order valence-electron chi connectivity index (χ3n) is 6.35. The van der Waals surface area contributed by atoms with E-state index in [-0.39, 0.29) is 31.7 Å². The summed E-state index contributed by atoms with van der Waals surface area (Å²) in [6.07, 6.45) is 0.00370. The number of hydrogen-bond acceptors (Lipinski definition) is 7. The van der Waals surface area contributed by atoms with Crippen LogP contribution in [0.3, 0.4) is 0 Å². The quantitative estimate of drug-likeness (QED) is 0.107. The van der Waals surface area contributed by atoms with Gasteiger partial charge in [-0.05, 0) is 36.1 Å². The molecule has 0 radical (unpaired) electrons. The number of carbonyl (C=O) groups is 3. The van der Waals surface area contributed by atoms with E-state index in [0.29, 0.717) is 24.2 Å². The van der Waals surface area contributed by atoms with Gasteiger partial charge in [0.15, 0.2) is 0 Å². The normalized spacial score (nSPS) is 12.1. The molecule has 0 spiro atoms. The number of unbranched alkanes of at least 4 members (excludes halogenated alkanes) is 1. The molecule has 14 heteroatoms. The van der Waals surface area contributed by atoms with E-state index in [4.69, 9.17) is 24.0 Å². The van der Waals surface area contributed by atoms with Gasteiger partial charge in [-0.15, -0.1) is 0 Å². The zero-order valence-corrected chi connectivity index (χ0v) is 24.7. The van der Waals surface area contributed by atoms with Gasteiger partial charge < -0.3 is 34.6 Å². The topological polar surface area (TPSA) is 160 Å². The first-order chi connectivity index (χ1) is 20.9. The van der Waals surface area contributed by atoms with Crippen molar-refractivity contribution in [1.29, 1.82) is 0 Å². The Morgan fingerprint density at radius 2 is 1.57 bits per heavy atom. The molecule has 4 N–H and O–H groups in total. The highest BCUT2D eigenvalue weighted by Crippen LogP contribution is 2.59. The van der Waals surface area contributed by atoms with Crippen LogP contribution in [0.5, 0.6) is 5.75 Å². The average molecular weight is 635 g/mol. The summed E-state index contributed by atoms with van der Waals surface area (Å²) in [7, 11) is -4.48. The summed E-state index contributed by atoms with van der Waals surface area (Å²) >= 11 is 0. The fourth-order valence-corrected chi connectivity index (χ4v) is 4.46. The van der Waals surface area contributed by atoms with E-state index >= 15 is 0 Å². The number of hydrogen-bond donors (Lipinski definition) is 4. The minimum Gasteiger partial charge on any atom is -0.493 e. The van der Waals surface area contributed by atoms with Crippen LogP contribution >= 0.6 is 7.60 Å². The molecule has 3 aromatic rings. The molecule has 0 bridgehead atoms. The van der Waals surface area contributed by atoms with Crippen LogP contribution in [0.4, 0.5) is 13.6 Å². The zero-order valence-electron chi connectivity index (χ0n) is 23.8. The molecule has 236 valence electrons. The molecule has 0 aromatic heterocycles. The van der Waals surface area contributed by atoms with Crippen molar-refractivity contribution in [3.8, 4) is 5.75 Å². The molecule has 3 rings (SSSR count). The van der Waals surface area contributed by atoms with E-state index in [0.717, 1.165) is 17.7 Å². The molecule has 0 saturated heterocycles. The minimum atomic E-state index is -5.75. The van der Waals surface area contributed by atoms with E-state index in [1.54, 1.807) is 54.6 Å². The van der Waals surface area contributed by atoms with Crippen LogP contribution in [0.15, 0.2) is 78.9 Å². The average Bonchev–Trinajstić information content (AvgIpc) is 3.01. The van der Waals surface area contributed by atoms with Crippen LogP contribution in [-0.4, -0.2) is 54.1 Å². The zero-order chi connectivity index (χ0) is 32.2. The lowest BCUT2D eigenvalue weighted by atomic mass is 10.0. The molecule has 0 aliphatic carbocycles. The maximum Gasteiger partial charge on any atom is 0.408 e. The summed E-state index contributed by atoms with van der Waals surface area (Å²) in [5.41, 5.74) is -3.91. The number of halogens is 2. The predicted octanol–water partition coefficient (Wildman–Crippen LogP) is 4.51. The number of rotatable bonds is 15. The summed E-state index contributed by atoms with van der Waals surface area (Å²) in [6, 6.07) is 18.4. The lowest BCUT2D eigenvalue weighted by Crippen LogP contribution is -2.48. The van der Waals surface area contributed by atoms with E-state index in [9.17, 15) is 27.7 Å². The van der Waals surface area contributed by atoms with Gasteiger partial charge in [0.2, 0.25) is 5.91 Å². The van der Waals surface area contributed by atoms with Crippen molar-refractivity contribution in [2.75, 3.05) is 20.3 Å². The van der Waals surface area contributed by atoms with E-state index in [2.05, 4.69) is 10.6 Å². The van der Waals surface area contributed by atoms with Crippen molar-refractivity contribution >= 4 is 25.6 Å². The van der Waals surface area contributed by atoms with Crippen molar-refractivity contribution in [3.63, 3.8) is 0 Å². The van der Waals surface area contributed by atoms with E-state index in [1.165, 1.54) is 19.2 Å². The summed E-state index contributed by atoms with van der Waals surface area (Å²) in [5, 5.41) is 5.20. The molecule has 0 aliphatic heterocycles. The third-order valence-corrected chi connectivity index (χ3v) is 7.34. The number of alkyl halides is 2. The van der Waals surface area contributed by atoms with Crippen molar-refractivity contribution in [1.82, 2.24) is 10.6 Å². The maximum atomic E-state index is 14.0. The SMILES string of the molecule is COC(=O)c1ccccc1OCCCCNC(=O)[C@H](Cc1ccc(C(F)(F)P(=O)(O)O)cc1)NC(=O)OCc1ccccc1. The van der Waals surface area contributed by atoms with Crippen molar-refractivity contribution in [2.24, 2.45) is 0 Å². The predicted molar refractivity (Wildman–Crippen MR) is 155 cm³/mol. The number of amides is 2. The van der Waals surface area contributed by atoms with Crippen LogP contribution in [0, 0.1) is 0 Å². The smallest absolute Gasteiger partial charge is 0.408 e. The number of nitrogens with one attached hydrogen (secondary N) is 2. The third kappa shape index (κ3) is 9.87. The van der Waals surface area contributed by atoms with E-state index < -0.39 is 42.8 Å². The van der Waals surface area contributed by atoms with Gasteiger partial charge in [-0.3, -0.25) is 9.36 Å².